The molecule has 2 aliphatic rings. The van der Waals surface area contributed by atoms with E-state index in [4.69, 9.17) is 4.98 Å². The smallest absolute Gasteiger partial charge is 0.141 e. The van der Waals surface area contributed by atoms with Crippen molar-refractivity contribution in [2.45, 2.75) is 45.1 Å². The van der Waals surface area contributed by atoms with E-state index in [-0.39, 0.29) is 5.54 Å². The van der Waals surface area contributed by atoms with Crippen LogP contribution in [-0.4, -0.2) is 9.55 Å². The first-order valence-electron chi connectivity index (χ1n) is 9.46. The van der Waals surface area contributed by atoms with Gasteiger partial charge in [-0.05, 0) is 44.2 Å². The number of hydrogen-bond acceptors (Lipinski definition) is 1. The van der Waals surface area contributed by atoms with Gasteiger partial charge in [-0.2, -0.15) is 0 Å². The lowest BCUT2D eigenvalue weighted by Crippen LogP contribution is -2.28. The fourth-order valence-corrected chi connectivity index (χ4v) is 4.80. The Labute approximate surface area is 149 Å². The predicted molar refractivity (Wildman–Crippen MR) is 104 cm³/mol. The van der Waals surface area contributed by atoms with E-state index in [0.29, 0.717) is 5.92 Å². The Bertz CT molecular complexity index is 970. The lowest BCUT2D eigenvalue weighted by atomic mass is 9.83. The molecule has 126 valence electrons. The van der Waals surface area contributed by atoms with E-state index in [1.807, 2.05) is 0 Å². The highest BCUT2D eigenvalue weighted by Gasteiger charge is 2.34. The summed E-state index contributed by atoms with van der Waals surface area (Å²) in [5.41, 5.74) is 6.52. The highest BCUT2D eigenvalue weighted by atomic mass is 15.1. The molecule has 1 aliphatic carbocycles. The van der Waals surface area contributed by atoms with E-state index in [2.05, 4.69) is 73.0 Å². The maximum absolute atomic E-state index is 5.04. The first-order valence-corrected chi connectivity index (χ1v) is 9.46. The topological polar surface area (TPSA) is 17.8 Å². The normalized spacial score (nSPS) is 19.4. The number of benzene rings is 2. The molecule has 0 unspecified atom stereocenters. The zero-order chi connectivity index (χ0) is 17.0. The predicted octanol–water partition coefficient (Wildman–Crippen LogP) is 6.03. The van der Waals surface area contributed by atoms with Gasteiger partial charge in [-0.3, -0.25) is 0 Å². The van der Waals surface area contributed by atoms with Crippen molar-refractivity contribution in [3.8, 4) is 11.4 Å². The fourth-order valence-electron chi connectivity index (χ4n) is 4.80. The number of aromatic nitrogens is 2. The van der Waals surface area contributed by atoms with Gasteiger partial charge >= 0.3 is 0 Å². The summed E-state index contributed by atoms with van der Waals surface area (Å²) in [5, 5.41) is 0. The maximum Gasteiger partial charge on any atom is 0.141 e. The van der Waals surface area contributed by atoms with Crippen molar-refractivity contribution in [2.24, 2.45) is 5.92 Å². The number of hydrogen-bond donors (Lipinski definition) is 0. The Morgan fingerprint density at radius 3 is 2.48 bits per heavy atom. The molecule has 0 radical (unpaired) electrons. The highest BCUT2D eigenvalue weighted by molar-refractivity contribution is 5.94. The van der Waals surface area contributed by atoms with Crippen molar-refractivity contribution in [1.82, 2.24) is 9.55 Å². The van der Waals surface area contributed by atoms with Crippen LogP contribution in [0.25, 0.3) is 28.0 Å². The SMILES string of the molecule is CC1(C)C=C(C2CCCC2)c2cccc3nc(-c4ccccc4)n1c23. The Hall–Kier alpha value is -2.35. The van der Waals surface area contributed by atoms with Crippen LogP contribution in [0.5, 0.6) is 0 Å². The fraction of sp³-hybridized carbons (Fsp3) is 0.348. The summed E-state index contributed by atoms with van der Waals surface area (Å²) in [7, 11) is 0. The van der Waals surface area contributed by atoms with Gasteiger partial charge in [0.05, 0.1) is 16.6 Å². The first kappa shape index (κ1) is 14.9. The lowest BCUT2D eigenvalue weighted by molar-refractivity contribution is 0.465. The third-order valence-corrected chi connectivity index (χ3v) is 5.90. The Morgan fingerprint density at radius 1 is 0.960 bits per heavy atom. The average molecular weight is 328 g/mol. The molecule has 1 aromatic heterocycles. The zero-order valence-corrected chi connectivity index (χ0v) is 15.0. The van der Waals surface area contributed by atoms with E-state index in [1.165, 1.54) is 42.3 Å². The molecular weight excluding hydrogens is 304 g/mol. The van der Waals surface area contributed by atoms with Crippen LogP contribution in [0.15, 0.2) is 54.6 Å². The molecule has 0 spiro atoms. The van der Waals surface area contributed by atoms with Gasteiger partial charge in [0, 0.05) is 11.1 Å². The van der Waals surface area contributed by atoms with Gasteiger partial charge in [0.25, 0.3) is 0 Å². The van der Waals surface area contributed by atoms with Crippen LogP contribution >= 0.6 is 0 Å². The molecule has 0 saturated heterocycles. The lowest BCUT2D eigenvalue weighted by Gasteiger charge is -2.34. The summed E-state index contributed by atoms with van der Waals surface area (Å²) in [6, 6.07) is 17.2. The summed E-state index contributed by atoms with van der Waals surface area (Å²) < 4.78 is 2.45. The van der Waals surface area contributed by atoms with Crippen molar-refractivity contribution < 1.29 is 0 Å². The van der Waals surface area contributed by atoms with Crippen LogP contribution in [0.3, 0.4) is 0 Å². The van der Waals surface area contributed by atoms with Gasteiger partial charge in [-0.25, -0.2) is 4.98 Å². The van der Waals surface area contributed by atoms with E-state index in [0.717, 1.165) is 11.3 Å². The highest BCUT2D eigenvalue weighted by Crippen LogP contribution is 2.46. The van der Waals surface area contributed by atoms with Gasteiger partial charge in [-0.1, -0.05) is 61.4 Å². The molecule has 0 atom stereocenters. The van der Waals surface area contributed by atoms with Gasteiger partial charge in [0.2, 0.25) is 0 Å². The molecule has 0 bridgehead atoms. The number of para-hydroxylation sites is 1. The Kier molecular flexibility index (Phi) is 3.18. The third kappa shape index (κ3) is 2.20. The molecule has 5 rings (SSSR count). The van der Waals surface area contributed by atoms with Crippen molar-refractivity contribution in [3.63, 3.8) is 0 Å². The monoisotopic (exact) mass is 328 g/mol. The molecule has 1 aliphatic heterocycles. The second-order valence-corrected chi connectivity index (χ2v) is 8.04. The average Bonchev–Trinajstić information content (AvgIpc) is 3.27. The minimum absolute atomic E-state index is 0.0633. The summed E-state index contributed by atoms with van der Waals surface area (Å²) >= 11 is 0. The molecule has 25 heavy (non-hydrogen) atoms. The quantitative estimate of drug-likeness (QED) is 0.562. The second-order valence-electron chi connectivity index (χ2n) is 8.04. The number of allylic oxidation sites excluding steroid dienone is 2. The molecule has 1 fully saturated rings. The minimum Gasteiger partial charge on any atom is -0.314 e. The molecule has 2 heteroatoms. The van der Waals surface area contributed by atoms with Gasteiger partial charge in [-0.15, -0.1) is 0 Å². The Balaban J connectivity index is 1.80. The standard InChI is InChI=1S/C23H24N2/c1-23(2)15-19(16-9-6-7-10-16)18-13-8-14-20-21(18)25(23)22(24-20)17-11-4-3-5-12-17/h3-5,8,11-16H,6-7,9-10H2,1-2H3. The van der Waals surface area contributed by atoms with Crippen molar-refractivity contribution in [1.29, 1.82) is 0 Å². The van der Waals surface area contributed by atoms with Gasteiger partial charge < -0.3 is 4.57 Å². The first-order chi connectivity index (χ1) is 12.1. The Morgan fingerprint density at radius 2 is 1.72 bits per heavy atom. The molecular formula is C23H24N2. The maximum atomic E-state index is 5.04. The van der Waals surface area contributed by atoms with Crippen molar-refractivity contribution in [2.75, 3.05) is 0 Å². The van der Waals surface area contributed by atoms with E-state index < -0.39 is 0 Å². The molecule has 2 aromatic carbocycles. The molecule has 0 N–H and O–H groups in total. The number of nitrogens with zero attached hydrogens (tertiary/aromatic N) is 2. The van der Waals surface area contributed by atoms with Crippen LogP contribution in [0.1, 0.15) is 45.1 Å². The van der Waals surface area contributed by atoms with E-state index in [9.17, 15) is 0 Å². The van der Waals surface area contributed by atoms with Crippen LogP contribution < -0.4 is 0 Å². The largest absolute Gasteiger partial charge is 0.314 e. The van der Waals surface area contributed by atoms with Crippen LogP contribution in [0.2, 0.25) is 0 Å². The van der Waals surface area contributed by atoms with Crippen molar-refractivity contribution >= 4 is 16.6 Å². The van der Waals surface area contributed by atoms with Crippen LogP contribution in [0.4, 0.5) is 0 Å². The summed E-state index contributed by atoms with van der Waals surface area (Å²) in [6.07, 6.45) is 7.91. The summed E-state index contributed by atoms with van der Waals surface area (Å²) in [4.78, 5) is 5.04. The second kappa shape index (κ2) is 5.32. The number of imidazole rings is 1. The van der Waals surface area contributed by atoms with Crippen LogP contribution in [-0.2, 0) is 5.54 Å². The number of rotatable bonds is 2. The van der Waals surface area contributed by atoms with Crippen molar-refractivity contribution in [3.05, 3.63) is 60.2 Å². The molecule has 0 amide bonds. The van der Waals surface area contributed by atoms with Crippen LogP contribution in [0, 0.1) is 5.92 Å². The van der Waals surface area contributed by atoms with Gasteiger partial charge in [0.15, 0.2) is 0 Å². The summed E-state index contributed by atoms with van der Waals surface area (Å²) in [5.74, 6) is 1.79. The minimum atomic E-state index is -0.0633. The molecule has 3 aromatic rings. The molecule has 1 saturated carbocycles. The van der Waals surface area contributed by atoms with E-state index in [1.54, 1.807) is 5.57 Å². The van der Waals surface area contributed by atoms with E-state index >= 15 is 0 Å². The summed E-state index contributed by atoms with van der Waals surface area (Å²) in [6.45, 7) is 4.65. The van der Waals surface area contributed by atoms with Gasteiger partial charge in [0.1, 0.15) is 5.82 Å². The molecule has 2 heterocycles. The molecule has 2 nitrogen and oxygen atoms in total. The third-order valence-electron chi connectivity index (χ3n) is 5.90. The zero-order valence-electron chi connectivity index (χ0n) is 15.0.